The summed E-state index contributed by atoms with van der Waals surface area (Å²) < 4.78 is 28.6. The van der Waals surface area contributed by atoms with Crippen LogP contribution in [0.25, 0.3) is 0 Å². The van der Waals surface area contributed by atoms with Gasteiger partial charge in [0, 0.05) is 31.0 Å². The molecule has 0 radical (unpaired) electrons. The number of hydrogen-bond donors (Lipinski definition) is 4. The fraction of sp³-hybridized carbons (Fsp3) is 0.474. The van der Waals surface area contributed by atoms with Gasteiger partial charge in [-0.1, -0.05) is 6.07 Å². The molecule has 2 heterocycles. The second-order valence-electron chi connectivity index (χ2n) is 7.22. The number of hydrogen-bond acceptors (Lipinski definition) is 8. The van der Waals surface area contributed by atoms with Crippen LogP contribution in [0.4, 0.5) is 17.5 Å². The molecule has 3 rings (SSSR count). The van der Waals surface area contributed by atoms with Crippen LogP contribution in [0.3, 0.4) is 0 Å². The highest BCUT2D eigenvalue weighted by molar-refractivity contribution is 9.10. The minimum absolute atomic E-state index is 0.0378. The number of aliphatic hydroxyl groups excluding tert-OH is 1. The van der Waals surface area contributed by atoms with E-state index in [1.807, 2.05) is 6.92 Å². The standard InChI is InChI=1S/C19H27BrN6O3S/c1-14(13-27)23-18-17(20)12-21-19(25-18)24-15-5-4-6-16(11-15)30(28,29)22-7-10-26-8-2-3-9-26/h4-6,11-12,14,22,27H,2-3,7-10,13H2,1H3,(H2,21,23,24,25)/t14-/m1/s1. The molecule has 1 aliphatic heterocycles. The SMILES string of the molecule is C[C@H](CO)Nc1nc(Nc2cccc(S(=O)(=O)NCCN3CCCC3)c2)ncc1Br. The van der Waals surface area contributed by atoms with Crippen LogP contribution < -0.4 is 15.4 Å². The maximum Gasteiger partial charge on any atom is 0.240 e. The summed E-state index contributed by atoms with van der Waals surface area (Å²) in [4.78, 5) is 11.0. The molecule has 1 aromatic heterocycles. The molecule has 1 aromatic carbocycles. The molecule has 9 nitrogen and oxygen atoms in total. The lowest BCUT2D eigenvalue weighted by Crippen LogP contribution is -2.33. The number of likely N-dealkylation sites (tertiary alicyclic amines) is 1. The van der Waals surface area contributed by atoms with Gasteiger partial charge in [-0.3, -0.25) is 0 Å². The molecule has 164 valence electrons. The molecule has 1 fully saturated rings. The van der Waals surface area contributed by atoms with Gasteiger partial charge in [-0.2, -0.15) is 4.98 Å². The van der Waals surface area contributed by atoms with Crippen LogP contribution in [-0.2, 0) is 10.0 Å². The Morgan fingerprint density at radius 1 is 1.30 bits per heavy atom. The van der Waals surface area contributed by atoms with Gasteiger partial charge in [0.25, 0.3) is 0 Å². The minimum Gasteiger partial charge on any atom is -0.394 e. The van der Waals surface area contributed by atoms with Crippen LogP contribution in [-0.4, -0.2) is 67.2 Å². The number of rotatable bonds is 10. The van der Waals surface area contributed by atoms with E-state index in [2.05, 4.69) is 46.2 Å². The van der Waals surface area contributed by atoms with E-state index in [-0.39, 0.29) is 17.5 Å². The van der Waals surface area contributed by atoms with Gasteiger partial charge in [-0.15, -0.1) is 0 Å². The van der Waals surface area contributed by atoms with Crippen molar-refractivity contribution in [2.24, 2.45) is 0 Å². The largest absolute Gasteiger partial charge is 0.394 e. The zero-order valence-corrected chi connectivity index (χ0v) is 19.2. The number of halogens is 1. The molecule has 0 saturated carbocycles. The fourth-order valence-corrected chi connectivity index (χ4v) is 4.48. The Balaban J connectivity index is 1.66. The molecule has 4 N–H and O–H groups in total. The van der Waals surface area contributed by atoms with Gasteiger partial charge in [0.05, 0.1) is 16.0 Å². The number of anilines is 3. The molecule has 0 bridgehead atoms. The first-order valence-electron chi connectivity index (χ1n) is 9.86. The van der Waals surface area contributed by atoms with Crippen LogP contribution in [0.15, 0.2) is 39.8 Å². The molecule has 2 aromatic rings. The Bertz CT molecular complexity index is 953. The topological polar surface area (TPSA) is 119 Å². The van der Waals surface area contributed by atoms with Gasteiger partial charge in [0.2, 0.25) is 16.0 Å². The number of benzene rings is 1. The molecular weight excluding hydrogens is 472 g/mol. The highest BCUT2D eigenvalue weighted by atomic mass is 79.9. The molecule has 0 unspecified atom stereocenters. The van der Waals surface area contributed by atoms with Gasteiger partial charge >= 0.3 is 0 Å². The number of sulfonamides is 1. The predicted octanol–water partition coefficient (Wildman–Crippen LogP) is 2.15. The number of aromatic nitrogens is 2. The lowest BCUT2D eigenvalue weighted by molar-refractivity contribution is 0.281. The summed E-state index contributed by atoms with van der Waals surface area (Å²) in [5, 5.41) is 15.3. The summed E-state index contributed by atoms with van der Waals surface area (Å²) in [5.41, 5.74) is 0.556. The maximum absolute atomic E-state index is 12.6. The Morgan fingerprint density at radius 3 is 2.80 bits per heavy atom. The quantitative estimate of drug-likeness (QED) is 0.393. The Morgan fingerprint density at radius 2 is 2.07 bits per heavy atom. The summed E-state index contributed by atoms with van der Waals surface area (Å²) in [6.45, 7) is 4.95. The molecule has 1 saturated heterocycles. The zero-order valence-electron chi connectivity index (χ0n) is 16.8. The van der Waals surface area contributed by atoms with Crippen LogP contribution in [0.2, 0.25) is 0 Å². The smallest absolute Gasteiger partial charge is 0.240 e. The van der Waals surface area contributed by atoms with E-state index in [4.69, 9.17) is 0 Å². The average molecular weight is 499 g/mol. The Kier molecular flexibility index (Phi) is 8.00. The Hall–Kier alpha value is -1.79. The summed E-state index contributed by atoms with van der Waals surface area (Å²) >= 11 is 3.37. The lowest BCUT2D eigenvalue weighted by Gasteiger charge is -2.15. The van der Waals surface area contributed by atoms with Crippen LogP contribution in [0.1, 0.15) is 19.8 Å². The van der Waals surface area contributed by atoms with Gasteiger partial charge in [0.15, 0.2) is 0 Å². The van der Waals surface area contributed by atoms with Crippen LogP contribution >= 0.6 is 15.9 Å². The van der Waals surface area contributed by atoms with Gasteiger partial charge in [0.1, 0.15) is 5.82 Å². The monoisotopic (exact) mass is 498 g/mol. The molecule has 1 aliphatic rings. The maximum atomic E-state index is 12.6. The molecule has 0 amide bonds. The molecule has 1 atom stereocenters. The van der Waals surface area contributed by atoms with Gasteiger partial charge in [-0.05, 0) is 67.0 Å². The van der Waals surface area contributed by atoms with Crippen molar-refractivity contribution in [3.8, 4) is 0 Å². The minimum atomic E-state index is -3.61. The van der Waals surface area contributed by atoms with Crippen molar-refractivity contribution in [3.05, 3.63) is 34.9 Å². The van der Waals surface area contributed by atoms with Crippen molar-refractivity contribution in [1.29, 1.82) is 0 Å². The molecule has 30 heavy (non-hydrogen) atoms. The fourth-order valence-electron chi connectivity index (χ4n) is 3.11. The Labute approximate surface area is 185 Å². The van der Waals surface area contributed by atoms with Crippen molar-refractivity contribution < 1.29 is 13.5 Å². The first-order valence-corrected chi connectivity index (χ1v) is 12.1. The summed E-state index contributed by atoms with van der Waals surface area (Å²) in [6.07, 6.45) is 3.94. The predicted molar refractivity (Wildman–Crippen MR) is 120 cm³/mol. The molecule has 11 heteroatoms. The summed E-state index contributed by atoms with van der Waals surface area (Å²) in [6, 6.07) is 6.35. The van der Waals surface area contributed by atoms with Crippen molar-refractivity contribution in [2.45, 2.75) is 30.7 Å². The molecular formula is C19H27BrN6O3S. The first-order chi connectivity index (χ1) is 14.4. The number of nitrogens with one attached hydrogen (secondary N) is 3. The van der Waals surface area contributed by atoms with E-state index in [9.17, 15) is 13.5 Å². The molecule has 0 aliphatic carbocycles. The van der Waals surface area contributed by atoms with Gasteiger partial charge in [-0.25, -0.2) is 18.1 Å². The number of aliphatic hydroxyl groups is 1. The highest BCUT2D eigenvalue weighted by Crippen LogP contribution is 2.23. The third-order valence-electron chi connectivity index (χ3n) is 4.72. The lowest BCUT2D eigenvalue weighted by atomic mass is 10.3. The van der Waals surface area contributed by atoms with Crippen LogP contribution in [0.5, 0.6) is 0 Å². The van der Waals surface area contributed by atoms with E-state index >= 15 is 0 Å². The second-order valence-corrected chi connectivity index (χ2v) is 9.84. The first kappa shape index (κ1) is 22.9. The third-order valence-corrected chi connectivity index (χ3v) is 6.76. The van der Waals surface area contributed by atoms with E-state index in [0.717, 1.165) is 13.1 Å². The van der Waals surface area contributed by atoms with Crippen molar-refractivity contribution in [2.75, 3.05) is 43.4 Å². The molecule has 0 spiro atoms. The zero-order chi connectivity index (χ0) is 21.6. The third kappa shape index (κ3) is 6.35. The normalized spacial score (nSPS) is 15.8. The average Bonchev–Trinajstić information content (AvgIpc) is 3.24. The highest BCUT2D eigenvalue weighted by Gasteiger charge is 2.17. The van der Waals surface area contributed by atoms with Gasteiger partial charge < -0.3 is 20.6 Å². The summed E-state index contributed by atoms with van der Waals surface area (Å²) in [7, 11) is -3.61. The van der Waals surface area contributed by atoms with E-state index < -0.39 is 10.0 Å². The summed E-state index contributed by atoms with van der Waals surface area (Å²) in [5.74, 6) is 0.837. The van der Waals surface area contributed by atoms with Crippen molar-refractivity contribution in [3.63, 3.8) is 0 Å². The van der Waals surface area contributed by atoms with Crippen molar-refractivity contribution in [1.82, 2.24) is 19.6 Å². The second kappa shape index (κ2) is 10.5. The van der Waals surface area contributed by atoms with E-state index in [1.54, 1.807) is 30.5 Å². The van der Waals surface area contributed by atoms with E-state index in [1.165, 1.54) is 12.8 Å². The van der Waals surface area contributed by atoms with Crippen molar-refractivity contribution >= 4 is 43.4 Å². The van der Waals surface area contributed by atoms with Crippen LogP contribution in [0, 0.1) is 0 Å². The van der Waals surface area contributed by atoms with E-state index in [0.29, 0.717) is 35.0 Å². The number of nitrogens with zero attached hydrogens (tertiary/aromatic N) is 3.